The van der Waals surface area contributed by atoms with E-state index in [2.05, 4.69) is 32.7 Å². The minimum absolute atomic E-state index is 0.0259. The van der Waals surface area contributed by atoms with Gasteiger partial charge in [0.05, 0.1) is 6.54 Å². The SMILES string of the molecule is N#CNC(=NC1CCCCN(CC(=O)N2CCN(Cc3ccccc3)CC2)C1=O)Nc1ccc2ccccc2c1. The fraction of sp³-hybridized carbons (Fsp3) is 0.355. The molecule has 2 fully saturated rings. The van der Waals surface area contributed by atoms with Gasteiger partial charge in [0.25, 0.3) is 0 Å². The second kappa shape index (κ2) is 13.1. The number of nitriles is 1. The van der Waals surface area contributed by atoms with Crippen molar-refractivity contribution >= 4 is 34.2 Å². The summed E-state index contributed by atoms with van der Waals surface area (Å²) in [5.41, 5.74) is 2.03. The number of fused-ring (bicyclic) bond motifs is 1. The number of carbonyl (C=O) groups is 2. The topological polar surface area (TPSA) is 104 Å². The molecule has 2 amide bonds. The number of benzene rings is 3. The largest absolute Gasteiger partial charge is 0.339 e. The molecule has 5 rings (SSSR count). The maximum absolute atomic E-state index is 13.5. The van der Waals surface area contributed by atoms with Gasteiger partial charge in [0, 0.05) is 45.0 Å². The third-order valence-corrected chi connectivity index (χ3v) is 7.52. The molecule has 2 heterocycles. The summed E-state index contributed by atoms with van der Waals surface area (Å²) < 4.78 is 0. The van der Waals surface area contributed by atoms with Crippen LogP contribution in [0.2, 0.25) is 0 Å². The molecule has 40 heavy (non-hydrogen) atoms. The molecule has 2 aliphatic heterocycles. The number of anilines is 1. The highest BCUT2D eigenvalue weighted by Gasteiger charge is 2.30. The van der Waals surface area contributed by atoms with Crippen LogP contribution in [0.3, 0.4) is 0 Å². The number of hydrogen-bond donors (Lipinski definition) is 2. The van der Waals surface area contributed by atoms with E-state index >= 15 is 0 Å². The first-order valence-electron chi connectivity index (χ1n) is 13.9. The van der Waals surface area contributed by atoms with Crippen LogP contribution in [-0.2, 0) is 16.1 Å². The lowest BCUT2D eigenvalue weighted by molar-refractivity contribution is -0.141. The quantitative estimate of drug-likeness (QED) is 0.216. The normalized spacial score (nSPS) is 18.7. The number of piperazine rings is 1. The van der Waals surface area contributed by atoms with Gasteiger partial charge in [0.15, 0.2) is 6.19 Å². The van der Waals surface area contributed by atoms with Gasteiger partial charge in [-0.3, -0.25) is 19.8 Å². The Labute approximate surface area is 235 Å². The van der Waals surface area contributed by atoms with E-state index < -0.39 is 6.04 Å². The molecule has 0 aromatic heterocycles. The standard InChI is InChI=1S/C31H35N7O2/c32-23-33-31(34-27-14-13-25-10-4-5-11-26(25)20-27)35-28-12-6-7-15-38(30(28)40)22-29(39)37-18-16-36(17-19-37)21-24-8-2-1-3-9-24/h1-5,8-11,13-14,20,28H,6-7,12,15-19,21-22H2,(H2,33,34,35). The third kappa shape index (κ3) is 6.96. The Balaban J connectivity index is 1.20. The number of aliphatic imine (C=N–C) groups is 1. The minimum Gasteiger partial charge on any atom is -0.339 e. The van der Waals surface area contributed by atoms with E-state index in [-0.39, 0.29) is 24.3 Å². The molecule has 0 radical (unpaired) electrons. The van der Waals surface area contributed by atoms with Crippen molar-refractivity contribution in [3.63, 3.8) is 0 Å². The second-order valence-electron chi connectivity index (χ2n) is 10.3. The Kier molecular flexibility index (Phi) is 8.89. The average Bonchev–Trinajstić information content (AvgIpc) is 3.14. The van der Waals surface area contributed by atoms with Crippen molar-refractivity contribution < 1.29 is 9.59 Å². The highest BCUT2D eigenvalue weighted by molar-refractivity contribution is 5.99. The van der Waals surface area contributed by atoms with E-state index in [1.54, 1.807) is 4.90 Å². The molecule has 2 N–H and O–H groups in total. The van der Waals surface area contributed by atoms with Crippen molar-refractivity contribution in [1.29, 1.82) is 5.26 Å². The Morgan fingerprint density at radius 3 is 2.45 bits per heavy atom. The zero-order valence-corrected chi connectivity index (χ0v) is 22.6. The predicted octanol–water partition coefficient (Wildman–Crippen LogP) is 3.40. The summed E-state index contributed by atoms with van der Waals surface area (Å²) in [5.74, 6) is 0.0203. The molecular formula is C31H35N7O2. The van der Waals surface area contributed by atoms with E-state index in [0.717, 1.165) is 48.9 Å². The summed E-state index contributed by atoms with van der Waals surface area (Å²) >= 11 is 0. The van der Waals surface area contributed by atoms with E-state index in [9.17, 15) is 14.9 Å². The molecule has 3 aromatic carbocycles. The first-order chi connectivity index (χ1) is 19.6. The number of amides is 2. The van der Waals surface area contributed by atoms with Crippen molar-refractivity contribution in [2.45, 2.75) is 31.8 Å². The fourth-order valence-electron chi connectivity index (χ4n) is 5.33. The number of rotatable bonds is 6. The van der Waals surface area contributed by atoms with Gasteiger partial charge < -0.3 is 15.1 Å². The zero-order chi connectivity index (χ0) is 27.7. The van der Waals surface area contributed by atoms with Gasteiger partial charge in [-0.1, -0.05) is 60.7 Å². The number of guanidine groups is 1. The van der Waals surface area contributed by atoms with E-state index in [1.165, 1.54) is 5.56 Å². The van der Waals surface area contributed by atoms with E-state index in [1.807, 2.05) is 71.8 Å². The smallest absolute Gasteiger partial charge is 0.247 e. The van der Waals surface area contributed by atoms with Crippen LogP contribution < -0.4 is 10.6 Å². The lowest BCUT2D eigenvalue weighted by Crippen LogP contribution is -2.52. The Morgan fingerprint density at radius 2 is 1.68 bits per heavy atom. The number of hydrogen-bond acceptors (Lipinski definition) is 5. The highest BCUT2D eigenvalue weighted by Crippen LogP contribution is 2.20. The van der Waals surface area contributed by atoms with Gasteiger partial charge in [-0.2, -0.15) is 5.26 Å². The summed E-state index contributed by atoms with van der Waals surface area (Å²) in [6.07, 6.45) is 4.12. The molecule has 0 aliphatic carbocycles. The summed E-state index contributed by atoms with van der Waals surface area (Å²) in [5, 5.41) is 17.2. The minimum atomic E-state index is -0.665. The predicted molar refractivity (Wildman–Crippen MR) is 156 cm³/mol. The molecule has 1 atom stereocenters. The van der Waals surface area contributed by atoms with E-state index in [0.29, 0.717) is 26.1 Å². The molecule has 2 saturated heterocycles. The van der Waals surface area contributed by atoms with Crippen molar-refractivity contribution in [2.24, 2.45) is 4.99 Å². The van der Waals surface area contributed by atoms with Crippen LogP contribution in [0.15, 0.2) is 77.8 Å². The van der Waals surface area contributed by atoms with Gasteiger partial charge in [0.2, 0.25) is 17.8 Å². The van der Waals surface area contributed by atoms with E-state index in [4.69, 9.17) is 0 Å². The molecule has 3 aromatic rings. The first kappa shape index (κ1) is 27.2. The summed E-state index contributed by atoms with van der Waals surface area (Å²) in [4.78, 5) is 37.1. The third-order valence-electron chi connectivity index (χ3n) is 7.52. The Bertz CT molecular complexity index is 1390. The maximum atomic E-state index is 13.5. The Hall–Kier alpha value is -4.42. The molecule has 206 valence electrons. The van der Waals surface area contributed by atoms with Crippen molar-refractivity contribution in [3.8, 4) is 6.19 Å². The molecule has 0 spiro atoms. The molecule has 9 nitrogen and oxygen atoms in total. The fourth-order valence-corrected chi connectivity index (χ4v) is 5.33. The van der Waals surface area contributed by atoms with Crippen LogP contribution in [0.5, 0.6) is 0 Å². The first-order valence-corrected chi connectivity index (χ1v) is 13.9. The van der Waals surface area contributed by atoms with Crippen LogP contribution in [0, 0.1) is 11.5 Å². The second-order valence-corrected chi connectivity index (χ2v) is 10.3. The lowest BCUT2D eigenvalue weighted by Gasteiger charge is -2.36. The molecule has 1 unspecified atom stereocenters. The van der Waals surface area contributed by atoms with Gasteiger partial charge in [-0.25, -0.2) is 4.99 Å². The van der Waals surface area contributed by atoms with Crippen LogP contribution in [0.1, 0.15) is 24.8 Å². The number of nitrogens with zero attached hydrogens (tertiary/aromatic N) is 5. The van der Waals surface area contributed by atoms with Crippen molar-refractivity contribution in [2.75, 3.05) is 44.6 Å². The molecular weight excluding hydrogens is 502 g/mol. The highest BCUT2D eigenvalue weighted by atomic mass is 16.2. The van der Waals surface area contributed by atoms with Gasteiger partial charge in [-0.15, -0.1) is 0 Å². The van der Waals surface area contributed by atoms with Gasteiger partial charge in [0.1, 0.15) is 6.04 Å². The zero-order valence-electron chi connectivity index (χ0n) is 22.6. The summed E-state index contributed by atoms with van der Waals surface area (Å²) in [6, 6.07) is 23.6. The monoisotopic (exact) mass is 537 g/mol. The van der Waals surface area contributed by atoms with Crippen LogP contribution in [0.4, 0.5) is 5.69 Å². The number of nitrogens with one attached hydrogen (secondary N) is 2. The number of carbonyl (C=O) groups excluding carboxylic acids is 2. The number of likely N-dealkylation sites (tertiary alicyclic amines) is 1. The molecule has 9 heteroatoms. The van der Waals surface area contributed by atoms with Gasteiger partial charge >= 0.3 is 0 Å². The lowest BCUT2D eigenvalue weighted by atomic mass is 10.1. The molecule has 0 bridgehead atoms. The van der Waals surface area contributed by atoms with Crippen LogP contribution >= 0.6 is 0 Å². The van der Waals surface area contributed by atoms with Crippen LogP contribution in [-0.4, -0.2) is 77.8 Å². The van der Waals surface area contributed by atoms with Crippen molar-refractivity contribution in [1.82, 2.24) is 20.0 Å². The molecule has 0 saturated carbocycles. The Morgan fingerprint density at radius 1 is 0.925 bits per heavy atom. The summed E-state index contributed by atoms with van der Waals surface area (Å²) in [7, 11) is 0. The summed E-state index contributed by atoms with van der Waals surface area (Å²) in [6.45, 7) is 4.39. The van der Waals surface area contributed by atoms with Crippen molar-refractivity contribution in [3.05, 3.63) is 78.4 Å². The van der Waals surface area contributed by atoms with Crippen LogP contribution in [0.25, 0.3) is 10.8 Å². The molecule has 2 aliphatic rings. The maximum Gasteiger partial charge on any atom is 0.247 e. The average molecular weight is 538 g/mol. The van der Waals surface area contributed by atoms with Gasteiger partial charge in [-0.05, 0) is 47.7 Å².